The van der Waals surface area contributed by atoms with Crippen LogP contribution >= 0.6 is 12.2 Å². The first-order valence-corrected chi connectivity index (χ1v) is 4.99. The van der Waals surface area contributed by atoms with Crippen LogP contribution in [0.2, 0.25) is 0 Å². The number of ether oxygens (including phenoxy) is 1. The molecule has 2 N–H and O–H groups in total. The zero-order valence-corrected chi connectivity index (χ0v) is 9.37. The molecule has 0 heterocycles. The van der Waals surface area contributed by atoms with Crippen molar-refractivity contribution in [3.8, 4) is 5.75 Å². The molecule has 1 aromatic carbocycles. The zero-order valence-electron chi connectivity index (χ0n) is 8.55. The van der Waals surface area contributed by atoms with Crippen molar-refractivity contribution in [1.29, 1.82) is 0 Å². The predicted molar refractivity (Wildman–Crippen MR) is 58.5 cm³/mol. The van der Waals surface area contributed by atoms with Gasteiger partial charge in [-0.05, 0) is 18.2 Å². The lowest BCUT2D eigenvalue weighted by molar-refractivity contribution is -0.139. The molecule has 0 unspecified atom stereocenters. The van der Waals surface area contributed by atoms with Crippen LogP contribution in [0.4, 0.5) is 17.6 Å². The minimum Gasteiger partial charge on any atom is -0.490 e. The Morgan fingerprint density at radius 3 is 2.47 bits per heavy atom. The highest BCUT2D eigenvalue weighted by Crippen LogP contribution is 2.22. The smallest absolute Gasteiger partial charge is 0.392 e. The molecule has 0 aliphatic heterocycles. The molecule has 0 spiro atoms. The van der Waals surface area contributed by atoms with Crippen molar-refractivity contribution in [2.45, 2.75) is 12.6 Å². The summed E-state index contributed by atoms with van der Waals surface area (Å²) in [5.74, 6) is -1.05. The van der Waals surface area contributed by atoms with Gasteiger partial charge in [0.05, 0.1) is 13.0 Å². The molecule has 94 valence electrons. The van der Waals surface area contributed by atoms with E-state index in [1.165, 1.54) is 12.1 Å². The first kappa shape index (κ1) is 13.7. The number of rotatable bonds is 4. The third-order valence-electron chi connectivity index (χ3n) is 1.86. The molecule has 0 atom stereocenters. The maximum absolute atomic E-state index is 13.3. The van der Waals surface area contributed by atoms with Crippen molar-refractivity contribution >= 4 is 17.2 Å². The molecule has 0 aliphatic rings. The van der Waals surface area contributed by atoms with Crippen molar-refractivity contribution in [2.75, 3.05) is 6.61 Å². The Kier molecular flexibility index (Phi) is 4.28. The van der Waals surface area contributed by atoms with Crippen molar-refractivity contribution in [1.82, 2.24) is 0 Å². The summed E-state index contributed by atoms with van der Waals surface area (Å²) in [4.78, 5) is 0.00532. The van der Waals surface area contributed by atoms with Gasteiger partial charge in [-0.15, -0.1) is 0 Å². The lowest BCUT2D eigenvalue weighted by Gasteiger charge is -2.09. The van der Waals surface area contributed by atoms with Crippen molar-refractivity contribution in [3.63, 3.8) is 0 Å². The van der Waals surface area contributed by atoms with Gasteiger partial charge in [0.1, 0.15) is 4.99 Å². The predicted octanol–water partition coefficient (Wildman–Crippen LogP) is 2.79. The van der Waals surface area contributed by atoms with Gasteiger partial charge >= 0.3 is 6.18 Å². The standard InChI is InChI=1S/C10H9F4NOS/c11-7-5-6(9(15)17)1-2-8(7)16-4-3-10(12,13)14/h1-2,5H,3-4H2,(H2,15,17). The monoisotopic (exact) mass is 267 g/mol. The van der Waals surface area contributed by atoms with E-state index in [9.17, 15) is 17.6 Å². The van der Waals surface area contributed by atoms with E-state index in [4.69, 9.17) is 5.73 Å². The molecule has 0 fully saturated rings. The fourth-order valence-corrected chi connectivity index (χ4v) is 1.17. The maximum Gasteiger partial charge on any atom is 0.392 e. The molecule has 7 heteroatoms. The summed E-state index contributed by atoms with van der Waals surface area (Å²) in [6.45, 7) is -0.632. The minimum atomic E-state index is -4.32. The third-order valence-corrected chi connectivity index (χ3v) is 2.10. The van der Waals surface area contributed by atoms with Gasteiger partial charge in [-0.2, -0.15) is 13.2 Å². The van der Waals surface area contributed by atoms with Crippen LogP contribution in [0.5, 0.6) is 5.75 Å². The van der Waals surface area contributed by atoms with Gasteiger partial charge in [-0.25, -0.2) is 4.39 Å². The summed E-state index contributed by atoms with van der Waals surface area (Å²) in [6, 6.07) is 3.60. The average molecular weight is 267 g/mol. The molecule has 0 aliphatic carbocycles. The SMILES string of the molecule is NC(=S)c1ccc(OCCC(F)(F)F)c(F)c1. The van der Waals surface area contributed by atoms with Crippen LogP contribution in [0.25, 0.3) is 0 Å². The molecule has 2 nitrogen and oxygen atoms in total. The van der Waals surface area contributed by atoms with Gasteiger partial charge in [0.25, 0.3) is 0 Å². The Hall–Kier alpha value is -1.37. The second kappa shape index (κ2) is 5.31. The normalized spacial score (nSPS) is 11.3. The lowest BCUT2D eigenvalue weighted by atomic mass is 10.2. The molecule has 1 rings (SSSR count). The molecular formula is C10H9F4NOS. The summed E-state index contributed by atoms with van der Waals surface area (Å²) in [7, 11) is 0. The Labute approximate surface area is 100 Å². The number of benzene rings is 1. The van der Waals surface area contributed by atoms with Gasteiger partial charge in [0.15, 0.2) is 11.6 Å². The average Bonchev–Trinajstić information content (AvgIpc) is 2.18. The lowest BCUT2D eigenvalue weighted by Crippen LogP contribution is -2.14. The summed E-state index contributed by atoms with van der Waals surface area (Å²) in [6.07, 6.45) is -5.46. The highest BCUT2D eigenvalue weighted by molar-refractivity contribution is 7.80. The maximum atomic E-state index is 13.3. The molecule has 1 aromatic rings. The number of nitrogens with two attached hydrogens (primary N) is 1. The summed E-state index contributed by atoms with van der Waals surface area (Å²) in [5.41, 5.74) is 5.56. The third kappa shape index (κ3) is 4.56. The van der Waals surface area contributed by atoms with E-state index < -0.39 is 25.0 Å². The number of thiocarbonyl (C=S) groups is 1. The van der Waals surface area contributed by atoms with Crippen LogP contribution in [0.1, 0.15) is 12.0 Å². The fourth-order valence-electron chi connectivity index (χ4n) is 1.05. The highest BCUT2D eigenvalue weighted by Gasteiger charge is 2.27. The molecule has 17 heavy (non-hydrogen) atoms. The first-order valence-electron chi connectivity index (χ1n) is 4.58. The zero-order chi connectivity index (χ0) is 13.1. The van der Waals surface area contributed by atoms with Crippen LogP contribution in [-0.2, 0) is 0 Å². The van der Waals surface area contributed by atoms with Crippen LogP contribution in [-0.4, -0.2) is 17.8 Å². The number of hydrogen-bond acceptors (Lipinski definition) is 2. The molecule has 0 amide bonds. The molecule has 0 saturated carbocycles. The topological polar surface area (TPSA) is 35.2 Å². The van der Waals surface area contributed by atoms with Crippen molar-refractivity contribution in [3.05, 3.63) is 29.6 Å². The Balaban J connectivity index is 2.64. The quantitative estimate of drug-likeness (QED) is 0.673. The van der Waals surface area contributed by atoms with E-state index >= 15 is 0 Å². The molecule has 0 bridgehead atoms. The van der Waals surface area contributed by atoms with Gasteiger partial charge in [-0.3, -0.25) is 0 Å². The largest absolute Gasteiger partial charge is 0.490 e. The molecule has 0 radical (unpaired) electrons. The molecule has 0 aromatic heterocycles. The molecule has 0 saturated heterocycles. The van der Waals surface area contributed by atoms with E-state index in [0.717, 1.165) is 6.07 Å². The summed E-state index contributed by atoms with van der Waals surface area (Å²) < 4.78 is 53.4. The van der Waals surface area contributed by atoms with Gasteiger partial charge in [-0.1, -0.05) is 12.2 Å². The van der Waals surface area contributed by atoms with Crippen LogP contribution in [0.3, 0.4) is 0 Å². The Bertz CT molecular complexity index is 419. The highest BCUT2D eigenvalue weighted by atomic mass is 32.1. The van der Waals surface area contributed by atoms with Gasteiger partial charge in [0, 0.05) is 5.56 Å². The van der Waals surface area contributed by atoms with Crippen LogP contribution in [0, 0.1) is 5.82 Å². The fraction of sp³-hybridized carbons (Fsp3) is 0.300. The molecular weight excluding hydrogens is 258 g/mol. The van der Waals surface area contributed by atoms with Crippen LogP contribution < -0.4 is 10.5 Å². The van der Waals surface area contributed by atoms with Gasteiger partial charge in [0.2, 0.25) is 0 Å². The second-order valence-electron chi connectivity index (χ2n) is 3.22. The van der Waals surface area contributed by atoms with E-state index in [-0.39, 0.29) is 10.7 Å². The van der Waals surface area contributed by atoms with Crippen molar-refractivity contribution in [2.24, 2.45) is 5.73 Å². The van der Waals surface area contributed by atoms with E-state index in [0.29, 0.717) is 5.56 Å². The second-order valence-corrected chi connectivity index (χ2v) is 3.66. The number of alkyl halides is 3. The van der Waals surface area contributed by atoms with Crippen LogP contribution in [0.15, 0.2) is 18.2 Å². The van der Waals surface area contributed by atoms with E-state index in [2.05, 4.69) is 17.0 Å². The number of halogens is 4. The van der Waals surface area contributed by atoms with E-state index in [1.807, 2.05) is 0 Å². The van der Waals surface area contributed by atoms with E-state index in [1.54, 1.807) is 0 Å². The van der Waals surface area contributed by atoms with Gasteiger partial charge < -0.3 is 10.5 Å². The van der Waals surface area contributed by atoms with Crippen molar-refractivity contribution < 1.29 is 22.3 Å². The Morgan fingerprint density at radius 2 is 2.00 bits per heavy atom. The summed E-state index contributed by atoms with van der Waals surface area (Å²) in [5, 5.41) is 0. The summed E-state index contributed by atoms with van der Waals surface area (Å²) >= 11 is 4.62. The Morgan fingerprint density at radius 1 is 1.35 bits per heavy atom. The minimum absolute atomic E-state index is 0.00532. The first-order chi connectivity index (χ1) is 7.79. The number of hydrogen-bond donors (Lipinski definition) is 1.